The van der Waals surface area contributed by atoms with Crippen LogP contribution in [0.15, 0.2) is 24.4 Å². The first-order valence-electron chi connectivity index (χ1n) is 7.27. The fraction of sp³-hybridized carbons (Fsp3) is 0.357. The number of aromatic amines is 1. The van der Waals surface area contributed by atoms with E-state index in [1.807, 2.05) is 25.1 Å². The van der Waals surface area contributed by atoms with Gasteiger partial charge in [-0.05, 0) is 19.1 Å². The highest BCUT2D eigenvalue weighted by Gasteiger charge is 2.39. The minimum absolute atomic E-state index is 0.179. The summed E-state index contributed by atoms with van der Waals surface area (Å²) in [6.45, 7) is 1.77. The standard InChI is InChI=1S/C14H15F2N7/c1-9-7-11(20-19-9)17-12-10-3-2-5-23(10)21-13(18-12)22-6-4-14(15,16)8-22/h2-3,5,7H,4,6,8H2,1H3,(H2,17,18,19,20,21). The van der Waals surface area contributed by atoms with Crippen molar-refractivity contribution in [2.45, 2.75) is 19.3 Å². The number of halogens is 2. The summed E-state index contributed by atoms with van der Waals surface area (Å²) in [6.07, 6.45) is 1.58. The molecule has 7 nitrogen and oxygen atoms in total. The Balaban J connectivity index is 1.72. The Kier molecular flexibility index (Phi) is 2.97. The first-order valence-corrected chi connectivity index (χ1v) is 7.27. The molecule has 0 bridgehead atoms. The fourth-order valence-corrected chi connectivity index (χ4v) is 2.66. The number of H-pyrrole nitrogens is 1. The van der Waals surface area contributed by atoms with E-state index in [-0.39, 0.29) is 25.5 Å². The smallest absolute Gasteiger partial charge is 0.267 e. The maximum atomic E-state index is 13.5. The number of hydrogen-bond donors (Lipinski definition) is 2. The molecule has 0 amide bonds. The van der Waals surface area contributed by atoms with Crippen LogP contribution in [0.4, 0.5) is 26.4 Å². The summed E-state index contributed by atoms with van der Waals surface area (Å²) in [5.74, 6) is -1.27. The SMILES string of the molecule is Cc1cc(Nc2nc(N3CCC(F)(F)C3)nn3cccc23)n[nH]1. The molecular formula is C14H15F2N7. The zero-order valence-corrected chi connectivity index (χ0v) is 12.4. The highest BCUT2D eigenvalue weighted by molar-refractivity contribution is 5.73. The van der Waals surface area contributed by atoms with Crippen molar-refractivity contribution in [3.05, 3.63) is 30.1 Å². The van der Waals surface area contributed by atoms with Crippen LogP contribution in [-0.2, 0) is 0 Å². The van der Waals surface area contributed by atoms with Crippen molar-refractivity contribution < 1.29 is 8.78 Å². The molecule has 3 aromatic rings. The molecular weight excluding hydrogens is 304 g/mol. The third kappa shape index (κ3) is 2.58. The van der Waals surface area contributed by atoms with Gasteiger partial charge < -0.3 is 10.2 Å². The largest absolute Gasteiger partial charge is 0.333 e. The van der Waals surface area contributed by atoms with Crippen molar-refractivity contribution in [2.75, 3.05) is 23.3 Å². The normalized spacial score (nSPS) is 17.1. The molecule has 0 aliphatic carbocycles. The summed E-state index contributed by atoms with van der Waals surface area (Å²) in [4.78, 5) is 5.92. The van der Waals surface area contributed by atoms with Gasteiger partial charge in [0, 0.05) is 30.9 Å². The van der Waals surface area contributed by atoms with Gasteiger partial charge in [0.2, 0.25) is 5.95 Å². The molecule has 1 fully saturated rings. The molecule has 0 spiro atoms. The Bertz CT molecular complexity index is 854. The number of fused-ring (bicyclic) bond motifs is 1. The second-order valence-corrected chi connectivity index (χ2v) is 5.69. The topological polar surface area (TPSA) is 74.1 Å². The molecule has 3 aromatic heterocycles. The molecule has 1 aliphatic heterocycles. The van der Waals surface area contributed by atoms with E-state index in [0.717, 1.165) is 11.2 Å². The minimum Gasteiger partial charge on any atom is -0.333 e. The molecule has 0 atom stereocenters. The van der Waals surface area contributed by atoms with E-state index in [1.54, 1.807) is 10.7 Å². The Morgan fingerprint density at radius 1 is 1.39 bits per heavy atom. The van der Waals surface area contributed by atoms with Gasteiger partial charge in [-0.1, -0.05) is 0 Å². The second-order valence-electron chi connectivity index (χ2n) is 5.69. The van der Waals surface area contributed by atoms with Crippen LogP contribution >= 0.6 is 0 Å². The van der Waals surface area contributed by atoms with Crippen molar-refractivity contribution in [3.63, 3.8) is 0 Å². The van der Waals surface area contributed by atoms with Crippen LogP contribution in [0.3, 0.4) is 0 Å². The van der Waals surface area contributed by atoms with E-state index in [0.29, 0.717) is 11.6 Å². The van der Waals surface area contributed by atoms with Gasteiger partial charge in [0.25, 0.3) is 5.92 Å². The van der Waals surface area contributed by atoms with Crippen LogP contribution in [0.1, 0.15) is 12.1 Å². The zero-order chi connectivity index (χ0) is 16.0. The van der Waals surface area contributed by atoms with Crippen molar-refractivity contribution in [1.82, 2.24) is 24.8 Å². The maximum Gasteiger partial charge on any atom is 0.267 e. The zero-order valence-electron chi connectivity index (χ0n) is 12.4. The highest BCUT2D eigenvalue weighted by atomic mass is 19.3. The molecule has 120 valence electrons. The molecule has 0 radical (unpaired) electrons. The number of hydrogen-bond acceptors (Lipinski definition) is 5. The van der Waals surface area contributed by atoms with Crippen molar-refractivity contribution in [1.29, 1.82) is 0 Å². The highest BCUT2D eigenvalue weighted by Crippen LogP contribution is 2.30. The molecule has 0 saturated carbocycles. The van der Waals surface area contributed by atoms with E-state index >= 15 is 0 Å². The van der Waals surface area contributed by atoms with Gasteiger partial charge in [-0.15, -0.1) is 5.10 Å². The van der Waals surface area contributed by atoms with Crippen LogP contribution < -0.4 is 10.2 Å². The molecule has 4 heterocycles. The van der Waals surface area contributed by atoms with E-state index < -0.39 is 5.92 Å². The Hall–Kier alpha value is -2.71. The predicted molar refractivity (Wildman–Crippen MR) is 81.4 cm³/mol. The lowest BCUT2D eigenvalue weighted by Gasteiger charge is -2.17. The summed E-state index contributed by atoms with van der Waals surface area (Å²) in [5.41, 5.74) is 1.66. The molecule has 4 rings (SSSR count). The Morgan fingerprint density at radius 2 is 2.26 bits per heavy atom. The van der Waals surface area contributed by atoms with Crippen LogP contribution in [0.25, 0.3) is 5.52 Å². The van der Waals surface area contributed by atoms with Gasteiger partial charge in [0.15, 0.2) is 11.6 Å². The van der Waals surface area contributed by atoms with Gasteiger partial charge in [0.05, 0.1) is 6.54 Å². The number of aryl methyl sites for hydroxylation is 1. The van der Waals surface area contributed by atoms with Crippen LogP contribution in [-0.4, -0.2) is 43.8 Å². The first-order chi connectivity index (χ1) is 11.0. The fourth-order valence-electron chi connectivity index (χ4n) is 2.66. The molecule has 2 N–H and O–H groups in total. The number of anilines is 3. The molecule has 1 aliphatic rings. The monoisotopic (exact) mass is 319 g/mol. The Morgan fingerprint density at radius 3 is 2.96 bits per heavy atom. The minimum atomic E-state index is -2.69. The average molecular weight is 319 g/mol. The van der Waals surface area contributed by atoms with Crippen molar-refractivity contribution in [2.24, 2.45) is 0 Å². The van der Waals surface area contributed by atoms with Crippen LogP contribution in [0.2, 0.25) is 0 Å². The lowest BCUT2D eigenvalue weighted by molar-refractivity contribution is 0.0256. The number of aromatic nitrogens is 5. The molecule has 0 unspecified atom stereocenters. The lowest BCUT2D eigenvalue weighted by atomic mass is 10.3. The van der Waals surface area contributed by atoms with Gasteiger partial charge >= 0.3 is 0 Å². The van der Waals surface area contributed by atoms with Crippen LogP contribution in [0.5, 0.6) is 0 Å². The van der Waals surface area contributed by atoms with Crippen LogP contribution in [0, 0.1) is 6.92 Å². The second kappa shape index (κ2) is 4.90. The Labute approximate surface area is 130 Å². The maximum absolute atomic E-state index is 13.5. The van der Waals surface area contributed by atoms with E-state index in [1.165, 1.54) is 4.90 Å². The summed E-state index contributed by atoms with van der Waals surface area (Å²) in [6, 6.07) is 5.52. The average Bonchev–Trinajstić information content (AvgIpc) is 3.19. The van der Waals surface area contributed by atoms with E-state index in [2.05, 4.69) is 25.6 Å². The molecule has 1 saturated heterocycles. The number of alkyl halides is 2. The van der Waals surface area contributed by atoms with Gasteiger partial charge in [0.1, 0.15) is 5.52 Å². The van der Waals surface area contributed by atoms with Gasteiger partial charge in [-0.25, -0.2) is 13.3 Å². The van der Waals surface area contributed by atoms with Gasteiger partial charge in [-0.3, -0.25) is 5.10 Å². The lowest BCUT2D eigenvalue weighted by Crippen LogP contribution is -2.27. The third-order valence-corrected chi connectivity index (χ3v) is 3.78. The summed E-state index contributed by atoms with van der Waals surface area (Å²) >= 11 is 0. The van der Waals surface area contributed by atoms with E-state index in [4.69, 9.17) is 0 Å². The third-order valence-electron chi connectivity index (χ3n) is 3.78. The summed E-state index contributed by atoms with van der Waals surface area (Å²) in [5, 5.41) is 14.4. The summed E-state index contributed by atoms with van der Waals surface area (Å²) in [7, 11) is 0. The van der Waals surface area contributed by atoms with E-state index in [9.17, 15) is 8.78 Å². The number of nitrogens with zero attached hydrogens (tertiary/aromatic N) is 5. The van der Waals surface area contributed by atoms with Gasteiger partial charge in [-0.2, -0.15) is 10.1 Å². The quantitative estimate of drug-likeness (QED) is 0.775. The number of nitrogens with one attached hydrogen (secondary N) is 2. The molecule has 9 heteroatoms. The predicted octanol–water partition coefficient (Wildman–Crippen LogP) is 2.35. The number of rotatable bonds is 3. The van der Waals surface area contributed by atoms with Crippen molar-refractivity contribution >= 4 is 23.1 Å². The first kappa shape index (κ1) is 13.9. The molecule has 0 aromatic carbocycles. The molecule has 23 heavy (non-hydrogen) atoms. The summed E-state index contributed by atoms with van der Waals surface area (Å²) < 4.78 is 28.5. The van der Waals surface area contributed by atoms with Crippen molar-refractivity contribution in [3.8, 4) is 0 Å².